The van der Waals surface area contributed by atoms with Crippen LogP contribution in [0.5, 0.6) is 0 Å². The molecule has 1 heterocycles. The van der Waals surface area contributed by atoms with Gasteiger partial charge in [0.25, 0.3) is 0 Å². The van der Waals surface area contributed by atoms with Crippen molar-refractivity contribution in [3.8, 4) is 0 Å². The Bertz CT molecular complexity index is 1030. The quantitative estimate of drug-likeness (QED) is 0.513. The fourth-order valence-electron chi connectivity index (χ4n) is 3.21. The lowest BCUT2D eigenvalue weighted by molar-refractivity contribution is -0.137. The van der Waals surface area contributed by atoms with E-state index in [0.29, 0.717) is 17.9 Å². The summed E-state index contributed by atoms with van der Waals surface area (Å²) in [6, 6.07) is 20.6. The highest BCUT2D eigenvalue weighted by molar-refractivity contribution is 5.95. The van der Waals surface area contributed by atoms with Gasteiger partial charge in [0.1, 0.15) is 12.3 Å². The van der Waals surface area contributed by atoms with Crippen LogP contribution in [0, 0.1) is 6.92 Å². The SMILES string of the molecule is Cc1cccc(NC(=O)CNC(=O)CN(Cc2ccco2)C(=O)CCc2ccccc2)c1. The predicted molar refractivity (Wildman–Crippen MR) is 122 cm³/mol. The average molecular weight is 434 g/mol. The van der Waals surface area contributed by atoms with E-state index >= 15 is 0 Å². The molecule has 3 aromatic rings. The van der Waals surface area contributed by atoms with Crippen molar-refractivity contribution in [2.75, 3.05) is 18.4 Å². The Balaban J connectivity index is 1.52. The van der Waals surface area contributed by atoms with Crippen LogP contribution in [0.1, 0.15) is 23.3 Å². The van der Waals surface area contributed by atoms with Gasteiger partial charge in [-0.1, -0.05) is 42.5 Å². The van der Waals surface area contributed by atoms with Crippen LogP contribution in [0.2, 0.25) is 0 Å². The van der Waals surface area contributed by atoms with Crippen LogP contribution >= 0.6 is 0 Å². The number of anilines is 1. The minimum absolute atomic E-state index is 0.161. The first-order valence-corrected chi connectivity index (χ1v) is 10.5. The summed E-state index contributed by atoms with van der Waals surface area (Å²) in [5.74, 6) is -0.325. The highest BCUT2D eigenvalue weighted by Gasteiger charge is 2.19. The number of rotatable bonds is 10. The number of carbonyl (C=O) groups is 3. The third-order valence-electron chi connectivity index (χ3n) is 4.83. The number of amides is 3. The molecule has 2 aromatic carbocycles. The second-order valence-electron chi connectivity index (χ2n) is 7.51. The monoisotopic (exact) mass is 433 g/mol. The lowest BCUT2D eigenvalue weighted by Gasteiger charge is -2.21. The minimum Gasteiger partial charge on any atom is -0.467 e. The van der Waals surface area contributed by atoms with E-state index in [0.717, 1.165) is 11.1 Å². The molecule has 3 rings (SSSR count). The largest absolute Gasteiger partial charge is 0.467 e. The summed E-state index contributed by atoms with van der Waals surface area (Å²) in [6.45, 7) is 1.77. The minimum atomic E-state index is -0.413. The first-order chi connectivity index (χ1) is 15.5. The summed E-state index contributed by atoms with van der Waals surface area (Å²) >= 11 is 0. The number of aryl methyl sites for hydroxylation is 2. The summed E-state index contributed by atoms with van der Waals surface area (Å²) in [7, 11) is 0. The molecule has 0 radical (unpaired) electrons. The maximum atomic E-state index is 12.8. The van der Waals surface area contributed by atoms with Crippen molar-refractivity contribution in [3.05, 3.63) is 89.9 Å². The van der Waals surface area contributed by atoms with Crippen molar-refractivity contribution in [2.45, 2.75) is 26.3 Å². The maximum absolute atomic E-state index is 12.8. The summed E-state index contributed by atoms with van der Waals surface area (Å²) in [5, 5.41) is 5.32. The van der Waals surface area contributed by atoms with Gasteiger partial charge < -0.3 is 20.0 Å². The van der Waals surface area contributed by atoms with Crippen LogP contribution in [0.4, 0.5) is 5.69 Å². The highest BCUT2D eigenvalue weighted by Crippen LogP contribution is 2.10. The molecule has 2 N–H and O–H groups in total. The molecule has 166 valence electrons. The van der Waals surface area contributed by atoms with Gasteiger partial charge >= 0.3 is 0 Å². The van der Waals surface area contributed by atoms with Gasteiger partial charge in [0.15, 0.2) is 0 Å². The van der Waals surface area contributed by atoms with E-state index in [-0.39, 0.29) is 37.9 Å². The lowest BCUT2D eigenvalue weighted by Crippen LogP contribution is -2.42. The zero-order valence-corrected chi connectivity index (χ0v) is 18.0. The molecular weight excluding hydrogens is 406 g/mol. The van der Waals surface area contributed by atoms with Gasteiger partial charge in [-0.3, -0.25) is 14.4 Å². The first kappa shape index (κ1) is 22.8. The Morgan fingerprint density at radius 1 is 0.938 bits per heavy atom. The van der Waals surface area contributed by atoms with Crippen molar-refractivity contribution in [1.29, 1.82) is 0 Å². The molecule has 32 heavy (non-hydrogen) atoms. The van der Waals surface area contributed by atoms with Crippen LogP contribution in [0.3, 0.4) is 0 Å². The van der Waals surface area contributed by atoms with Crippen molar-refractivity contribution in [1.82, 2.24) is 10.2 Å². The number of nitrogens with zero attached hydrogens (tertiary/aromatic N) is 1. The summed E-state index contributed by atoms with van der Waals surface area (Å²) < 4.78 is 5.34. The molecule has 7 nitrogen and oxygen atoms in total. The van der Waals surface area contributed by atoms with Crippen LogP contribution < -0.4 is 10.6 Å². The summed E-state index contributed by atoms with van der Waals surface area (Å²) in [6.07, 6.45) is 2.37. The predicted octanol–water partition coefficient (Wildman–Crippen LogP) is 3.30. The average Bonchev–Trinajstić information content (AvgIpc) is 3.29. The van der Waals surface area contributed by atoms with E-state index in [2.05, 4.69) is 10.6 Å². The Labute approximate surface area is 187 Å². The number of benzene rings is 2. The van der Waals surface area contributed by atoms with Crippen LogP contribution in [0.25, 0.3) is 0 Å². The summed E-state index contributed by atoms with van der Waals surface area (Å²) in [4.78, 5) is 38.9. The zero-order chi connectivity index (χ0) is 22.8. The Morgan fingerprint density at radius 2 is 1.75 bits per heavy atom. The van der Waals surface area contributed by atoms with Crippen molar-refractivity contribution < 1.29 is 18.8 Å². The third kappa shape index (κ3) is 7.43. The summed E-state index contributed by atoms with van der Waals surface area (Å²) in [5.41, 5.74) is 2.74. The fourth-order valence-corrected chi connectivity index (χ4v) is 3.21. The van der Waals surface area contributed by atoms with Gasteiger partial charge in [-0.15, -0.1) is 0 Å². The van der Waals surface area contributed by atoms with Crippen LogP contribution in [-0.4, -0.2) is 35.7 Å². The molecule has 0 unspecified atom stereocenters. The first-order valence-electron chi connectivity index (χ1n) is 10.5. The van der Waals surface area contributed by atoms with Crippen molar-refractivity contribution in [3.63, 3.8) is 0 Å². The second kappa shape index (κ2) is 11.5. The van der Waals surface area contributed by atoms with Gasteiger partial charge in [0.05, 0.1) is 19.4 Å². The van der Waals surface area contributed by atoms with E-state index in [1.807, 2.05) is 55.5 Å². The molecule has 0 saturated heterocycles. The molecular formula is C25H27N3O4. The zero-order valence-electron chi connectivity index (χ0n) is 18.0. The van der Waals surface area contributed by atoms with E-state index in [1.165, 1.54) is 11.2 Å². The molecule has 7 heteroatoms. The van der Waals surface area contributed by atoms with Gasteiger partial charge in [-0.2, -0.15) is 0 Å². The number of hydrogen-bond donors (Lipinski definition) is 2. The van der Waals surface area contributed by atoms with Gasteiger partial charge in [0.2, 0.25) is 17.7 Å². The normalized spacial score (nSPS) is 10.4. The number of nitrogens with one attached hydrogen (secondary N) is 2. The molecule has 0 bridgehead atoms. The number of hydrogen-bond acceptors (Lipinski definition) is 4. The second-order valence-corrected chi connectivity index (χ2v) is 7.51. The molecule has 0 fully saturated rings. The van der Waals surface area contributed by atoms with Gasteiger partial charge in [0, 0.05) is 12.1 Å². The van der Waals surface area contributed by atoms with Crippen molar-refractivity contribution >= 4 is 23.4 Å². The van der Waals surface area contributed by atoms with Gasteiger partial charge in [-0.25, -0.2) is 0 Å². The van der Waals surface area contributed by atoms with Crippen LogP contribution in [0.15, 0.2) is 77.4 Å². The molecule has 0 aliphatic carbocycles. The number of furan rings is 1. The molecule has 0 aliphatic heterocycles. The van der Waals surface area contributed by atoms with Crippen LogP contribution in [-0.2, 0) is 27.3 Å². The molecule has 0 spiro atoms. The van der Waals surface area contributed by atoms with E-state index in [9.17, 15) is 14.4 Å². The third-order valence-corrected chi connectivity index (χ3v) is 4.83. The highest BCUT2D eigenvalue weighted by atomic mass is 16.3. The topological polar surface area (TPSA) is 91.7 Å². The fraction of sp³-hybridized carbons (Fsp3) is 0.240. The maximum Gasteiger partial charge on any atom is 0.243 e. The molecule has 0 saturated carbocycles. The Kier molecular flexibility index (Phi) is 8.20. The standard InChI is InChI=1S/C25H27N3O4/c1-19-7-5-10-21(15-19)27-23(29)16-26-24(30)18-28(17-22-11-6-14-32-22)25(31)13-12-20-8-3-2-4-9-20/h2-11,14-15H,12-13,16-18H2,1H3,(H,26,30)(H,27,29). The molecule has 0 atom stereocenters. The van der Waals surface area contributed by atoms with E-state index in [4.69, 9.17) is 4.42 Å². The molecule has 3 amide bonds. The number of carbonyl (C=O) groups excluding carboxylic acids is 3. The molecule has 1 aromatic heterocycles. The van der Waals surface area contributed by atoms with Crippen molar-refractivity contribution in [2.24, 2.45) is 0 Å². The van der Waals surface area contributed by atoms with Gasteiger partial charge in [-0.05, 0) is 48.7 Å². The smallest absolute Gasteiger partial charge is 0.243 e. The lowest BCUT2D eigenvalue weighted by atomic mass is 10.1. The van der Waals surface area contributed by atoms with E-state index in [1.54, 1.807) is 18.2 Å². The van der Waals surface area contributed by atoms with E-state index < -0.39 is 5.91 Å². The Hall–Kier alpha value is -3.87. The molecule has 0 aliphatic rings. The Morgan fingerprint density at radius 3 is 2.47 bits per heavy atom.